The Morgan fingerprint density at radius 1 is 1.00 bits per heavy atom. The molecule has 0 spiro atoms. The SMILES string of the molecule is CC(=O)N(CCF)c1ccc2c(c1)c1ccc(-c3c(C)noc3C)cc1n2Cc1ccccc1. The lowest BCUT2D eigenvalue weighted by Crippen LogP contribution is -2.30. The minimum atomic E-state index is -0.589. The molecule has 3 aromatic carbocycles. The molecule has 0 radical (unpaired) electrons. The Bertz CT molecular complexity index is 1480. The molecule has 0 N–H and O–H groups in total. The number of hydrogen-bond acceptors (Lipinski definition) is 3. The van der Waals surface area contributed by atoms with E-state index in [1.807, 2.05) is 50.2 Å². The summed E-state index contributed by atoms with van der Waals surface area (Å²) in [6, 6.07) is 22.6. The standard InChI is InChI=1S/C28H26FN3O2/c1-18-28(19(2)34-30-18)22-9-11-24-25-16-23(31(14-13-29)20(3)33)10-12-26(25)32(27(24)15-22)17-21-7-5-4-6-8-21/h4-12,15-16H,13-14,17H2,1-3H3. The van der Waals surface area contributed by atoms with Crippen molar-refractivity contribution in [3.05, 3.63) is 83.7 Å². The van der Waals surface area contributed by atoms with Crippen LogP contribution < -0.4 is 4.90 Å². The molecule has 34 heavy (non-hydrogen) atoms. The van der Waals surface area contributed by atoms with Gasteiger partial charge < -0.3 is 14.0 Å². The Labute approximate surface area is 197 Å². The van der Waals surface area contributed by atoms with Crippen LogP contribution in [0.4, 0.5) is 10.1 Å². The van der Waals surface area contributed by atoms with Gasteiger partial charge in [-0.15, -0.1) is 0 Å². The van der Waals surface area contributed by atoms with Gasteiger partial charge in [0.25, 0.3) is 0 Å². The molecule has 2 aromatic heterocycles. The lowest BCUT2D eigenvalue weighted by atomic mass is 10.0. The van der Waals surface area contributed by atoms with Crippen molar-refractivity contribution in [3.8, 4) is 11.1 Å². The molecule has 0 aliphatic carbocycles. The average molecular weight is 456 g/mol. The molecular weight excluding hydrogens is 429 g/mol. The van der Waals surface area contributed by atoms with E-state index >= 15 is 0 Å². The topological polar surface area (TPSA) is 51.3 Å². The fraction of sp³-hybridized carbons (Fsp3) is 0.214. The molecule has 5 nitrogen and oxygen atoms in total. The van der Waals surface area contributed by atoms with Crippen molar-refractivity contribution < 1.29 is 13.7 Å². The second kappa shape index (κ2) is 8.78. The Hall–Kier alpha value is -3.93. The van der Waals surface area contributed by atoms with E-state index in [1.54, 1.807) is 0 Å². The molecule has 0 aliphatic heterocycles. The molecule has 0 atom stereocenters. The zero-order valence-corrected chi connectivity index (χ0v) is 19.5. The van der Waals surface area contributed by atoms with Crippen molar-refractivity contribution in [2.75, 3.05) is 18.1 Å². The number of aryl methyl sites for hydroxylation is 2. The zero-order chi connectivity index (χ0) is 23.8. The summed E-state index contributed by atoms with van der Waals surface area (Å²) in [5.74, 6) is 0.610. The highest BCUT2D eigenvalue weighted by molar-refractivity contribution is 6.11. The molecule has 5 rings (SSSR count). The highest BCUT2D eigenvalue weighted by atomic mass is 19.1. The summed E-state index contributed by atoms with van der Waals surface area (Å²) in [7, 11) is 0. The number of benzene rings is 3. The number of halogens is 1. The quantitative estimate of drug-likeness (QED) is 0.296. The second-order valence-electron chi connectivity index (χ2n) is 8.56. The van der Waals surface area contributed by atoms with Gasteiger partial charge in [0.2, 0.25) is 5.91 Å². The summed E-state index contributed by atoms with van der Waals surface area (Å²) >= 11 is 0. The van der Waals surface area contributed by atoms with Crippen LogP contribution in [0.25, 0.3) is 32.9 Å². The summed E-state index contributed by atoms with van der Waals surface area (Å²) in [6.07, 6.45) is 0. The van der Waals surface area contributed by atoms with Crippen LogP contribution in [0.1, 0.15) is 23.9 Å². The number of carbonyl (C=O) groups excluding carboxylic acids is 1. The molecule has 0 bridgehead atoms. The van der Waals surface area contributed by atoms with E-state index in [2.05, 4.69) is 40.1 Å². The van der Waals surface area contributed by atoms with Crippen LogP contribution >= 0.6 is 0 Å². The van der Waals surface area contributed by atoms with Crippen LogP contribution in [0.15, 0.2) is 71.3 Å². The number of fused-ring (bicyclic) bond motifs is 3. The maximum Gasteiger partial charge on any atom is 0.223 e. The van der Waals surface area contributed by atoms with E-state index in [4.69, 9.17) is 4.52 Å². The molecule has 0 saturated heterocycles. The number of nitrogens with zero attached hydrogens (tertiary/aromatic N) is 3. The summed E-state index contributed by atoms with van der Waals surface area (Å²) in [4.78, 5) is 13.6. The van der Waals surface area contributed by atoms with Crippen molar-refractivity contribution in [1.82, 2.24) is 9.72 Å². The molecule has 2 heterocycles. The van der Waals surface area contributed by atoms with Gasteiger partial charge in [0, 0.05) is 41.0 Å². The third kappa shape index (κ3) is 3.75. The summed E-state index contributed by atoms with van der Waals surface area (Å²) in [6.45, 7) is 5.49. The Balaban J connectivity index is 1.75. The molecule has 0 fully saturated rings. The lowest BCUT2D eigenvalue weighted by Gasteiger charge is -2.20. The minimum Gasteiger partial charge on any atom is -0.361 e. The normalized spacial score (nSPS) is 11.4. The molecule has 1 amide bonds. The predicted octanol–water partition coefficient (Wildman–Crippen LogP) is 6.44. The number of rotatable bonds is 6. The van der Waals surface area contributed by atoms with Gasteiger partial charge in [0.1, 0.15) is 12.4 Å². The highest BCUT2D eigenvalue weighted by Gasteiger charge is 2.18. The van der Waals surface area contributed by atoms with Crippen LogP contribution in [0.3, 0.4) is 0 Å². The molecule has 5 aromatic rings. The number of amides is 1. The Morgan fingerprint density at radius 2 is 1.79 bits per heavy atom. The van der Waals surface area contributed by atoms with E-state index in [0.29, 0.717) is 12.2 Å². The first-order chi connectivity index (χ1) is 16.5. The van der Waals surface area contributed by atoms with E-state index in [-0.39, 0.29) is 12.5 Å². The molecular formula is C28H26FN3O2. The van der Waals surface area contributed by atoms with Crippen molar-refractivity contribution in [2.24, 2.45) is 0 Å². The Kier molecular flexibility index (Phi) is 5.65. The highest BCUT2D eigenvalue weighted by Crippen LogP contribution is 2.36. The van der Waals surface area contributed by atoms with Gasteiger partial charge in [0.15, 0.2) is 0 Å². The van der Waals surface area contributed by atoms with Gasteiger partial charge in [0.05, 0.1) is 17.8 Å². The molecule has 0 unspecified atom stereocenters. The maximum atomic E-state index is 13.1. The van der Waals surface area contributed by atoms with Gasteiger partial charge in [-0.2, -0.15) is 0 Å². The van der Waals surface area contributed by atoms with Gasteiger partial charge in [-0.25, -0.2) is 4.39 Å². The summed E-state index contributed by atoms with van der Waals surface area (Å²) in [5.41, 5.74) is 6.93. The lowest BCUT2D eigenvalue weighted by molar-refractivity contribution is -0.116. The largest absolute Gasteiger partial charge is 0.361 e. The number of hydrogen-bond donors (Lipinski definition) is 0. The van der Waals surface area contributed by atoms with Crippen molar-refractivity contribution in [2.45, 2.75) is 27.3 Å². The third-order valence-electron chi connectivity index (χ3n) is 6.36. The van der Waals surface area contributed by atoms with Crippen LogP contribution in [0, 0.1) is 13.8 Å². The van der Waals surface area contributed by atoms with Gasteiger partial charge in [-0.3, -0.25) is 4.79 Å². The second-order valence-corrected chi connectivity index (χ2v) is 8.56. The number of aromatic nitrogens is 2. The van der Waals surface area contributed by atoms with Gasteiger partial charge in [-0.05, 0) is 49.2 Å². The number of alkyl halides is 1. The predicted molar refractivity (Wildman–Crippen MR) is 134 cm³/mol. The molecule has 0 aliphatic rings. The monoisotopic (exact) mass is 455 g/mol. The van der Waals surface area contributed by atoms with Crippen molar-refractivity contribution in [3.63, 3.8) is 0 Å². The van der Waals surface area contributed by atoms with E-state index < -0.39 is 6.67 Å². The van der Waals surface area contributed by atoms with Crippen LogP contribution in [-0.2, 0) is 11.3 Å². The molecule has 0 saturated carbocycles. The first-order valence-electron chi connectivity index (χ1n) is 11.3. The van der Waals surface area contributed by atoms with Crippen molar-refractivity contribution >= 4 is 33.4 Å². The van der Waals surface area contributed by atoms with Gasteiger partial charge >= 0.3 is 0 Å². The Morgan fingerprint density at radius 3 is 2.47 bits per heavy atom. The van der Waals surface area contributed by atoms with Crippen LogP contribution in [0.2, 0.25) is 0 Å². The smallest absolute Gasteiger partial charge is 0.223 e. The minimum absolute atomic E-state index is 0.0414. The zero-order valence-electron chi connectivity index (χ0n) is 19.5. The fourth-order valence-corrected chi connectivity index (χ4v) is 4.80. The van der Waals surface area contributed by atoms with E-state index in [1.165, 1.54) is 17.4 Å². The number of anilines is 1. The van der Waals surface area contributed by atoms with E-state index in [0.717, 1.165) is 44.4 Å². The van der Waals surface area contributed by atoms with Crippen LogP contribution in [-0.4, -0.2) is 28.9 Å². The van der Waals surface area contributed by atoms with Crippen LogP contribution in [0.5, 0.6) is 0 Å². The van der Waals surface area contributed by atoms with Crippen molar-refractivity contribution in [1.29, 1.82) is 0 Å². The first-order valence-corrected chi connectivity index (χ1v) is 11.3. The average Bonchev–Trinajstić information content (AvgIpc) is 3.33. The van der Waals surface area contributed by atoms with E-state index in [9.17, 15) is 9.18 Å². The van der Waals surface area contributed by atoms with Gasteiger partial charge in [-0.1, -0.05) is 47.6 Å². The first kappa shape index (κ1) is 21.9. The molecule has 172 valence electrons. The molecule has 6 heteroatoms. The summed E-state index contributed by atoms with van der Waals surface area (Å²) in [5, 5.41) is 6.22. The fourth-order valence-electron chi connectivity index (χ4n) is 4.80. The maximum absolute atomic E-state index is 13.1. The summed E-state index contributed by atoms with van der Waals surface area (Å²) < 4.78 is 20.8. The number of carbonyl (C=O) groups is 1. The third-order valence-corrected chi connectivity index (χ3v) is 6.36.